The summed E-state index contributed by atoms with van der Waals surface area (Å²) >= 11 is 0. The van der Waals surface area contributed by atoms with Gasteiger partial charge in [-0.15, -0.1) is 0 Å². The minimum atomic E-state index is -0.299. The summed E-state index contributed by atoms with van der Waals surface area (Å²) in [4.78, 5) is 14.5. The Kier molecular flexibility index (Phi) is 6.23. The molecule has 0 amide bonds. The SMILES string of the molecule is COc1ccc(C(=O)OCCN2CCC(Oc3cccc4c3ccn4C)CC2)cc1. The molecule has 4 rings (SSSR count). The number of hydrogen-bond acceptors (Lipinski definition) is 5. The van der Waals surface area contributed by atoms with Crippen LogP contribution in [0.3, 0.4) is 0 Å². The van der Waals surface area contributed by atoms with Gasteiger partial charge in [-0.25, -0.2) is 4.79 Å². The van der Waals surface area contributed by atoms with Gasteiger partial charge in [0, 0.05) is 38.3 Å². The Morgan fingerprint density at radius 3 is 2.57 bits per heavy atom. The number of aryl methyl sites for hydroxylation is 1. The van der Waals surface area contributed by atoms with E-state index in [0.29, 0.717) is 12.2 Å². The van der Waals surface area contributed by atoms with E-state index in [1.807, 2.05) is 19.2 Å². The minimum Gasteiger partial charge on any atom is -0.497 e. The summed E-state index contributed by atoms with van der Waals surface area (Å²) in [6.07, 6.45) is 4.22. The molecule has 1 saturated heterocycles. The van der Waals surface area contributed by atoms with Crippen molar-refractivity contribution < 1.29 is 19.0 Å². The second kappa shape index (κ2) is 9.22. The zero-order valence-electron chi connectivity index (χ0n) is 17.5. The maximum atomic E-state index is 12.1. The second-order valence-electron chi connectivity index (χ2n) is 7.64. The maximum absolute atomic E-state index is 12.1. The van der Waals surface area contributed by atoms with Crippen LogP contribution in [-0.4, -0.2) is 54.9 Å². The van der Waals surface area contributed by atoms with Crippen LogP contribution in [0.1, 0.15) is 23.2 Å². The van der Waals surface area contributed by atoms with Crippen molar-refractivity contribution in [2.24, 2.45) is 7.05 Å². The first-order valence-corrected chi connectivity index (χ1v) is 10.4. The highest BCUT2D eigenvalue weighted by Crippen LogP contribution is 2.28. The summed E-state index contributed by atoms with van der Waals surface area (Å²) in [5.41, 5.74) is 1.72. The quantitative estimate of drug-likeness (QED) is 0.555. The summed E-state index contributed by atoms with van der Waals surface area (Å²) < 4.78 is 19.0. The molecule has 0 aliphatic carbocycles. The van der Waals surface area contributed by atoms with E-state index in [9.17, 15) is 4.79 Å². The van der Waals surface area contributed by atoms with Gasteiger partial charge >= 0.3 is 5.97 Å². The zero-order valence-corrected chi connectivity index (χ0v) is 17.5. The van der Waals surface area contributed by atoms with Crippen molar-refractivity contribution in [3.63, 3.8) is 0 Å². The lowest BCUT2D eigenvalue weighted by molar-refractivity contribution is 0.0407. The normalized spacial score (nSPS) is 15.3. The highest BCUT2D eigenvalue weighted by molar-refractivity contribution is 5.89. The number of rotatable bonds is 7. The molecule has 6 heteroatoms. The molecule has 158 valence electrons. The standard InChI is InChI=1S/C24H28N2O4/c1-25-13-12-21-22(25)4-3-5-23(21)30-20-10-14-26(15-11-20)16-17-29-24(27)18-6-8-19(28-2)9-7-18/h3-9,12-13,20H,10-11,14-17H2,1-2H3. The van der Waals surface area contributed by atoms with Gasteiger partial charge in [0.2, 0.25) is 0 Å². The van der Waals surface area contributed by atoms with Crippen LogP contribution in [0.2, 0.25) is 0 Å². The predicted octanol–water partition coefficient (Wildman–Crippen LogP) is 3.89. The van der Waals surface area contributed by atoms with Gasteiger partial charge in [-0.1, -0.05) is 6.07 Å². The number of hydrogen-bond donors (Lipinski definition) is 0. The molecule has 2 aromatic carbocycles. The van der Waals surface area contributed by atoms with Crippen molar-refractivity contribution in [2.75, 3.05) is 33.4 Å². The molecular formula is C24H28N2O4. The summed E-state index contributed by atoms with van der Waals surface area (Å²) in [5.74, 6) is 1.38. The zero-order chi connectivity index (χ0) is 20.9. The van der Waals surface area contributed by atoms with Gasteiger partial charge in [0.1, 0.15) is 24.2 Å². The number of benzene rings is 2. The molecule has 0 bridgehead atoms. The molecule has 0 atom stereocenters. The molecule has 1 aliphatic heterocycles. The molecule has 0 unspecified atom stereocenters. The number of fused-ring (bicyclic) bond motifs is 1. The van der Waals surface area contributed by atoms with E-state index in [-0.39, 0.29) is 12.1 Å². The number of aromatic nitrogens is 1. The molecular weight excluding hydrogens is 380 g/mol. The lowest BCUT2D eigenvalue weighted by Gasteiger charge is -2.32. The largest absolute Gasteiger partial charge is 0.497 e. The van der Waals surface area contributed by atoms with Crippen LogP contribution in [0.4, 0.5) is 0 Å². The molecule has 30 heavy (non-hydrogen) atoms. The number of likely N-dealkylation sites (tertiary alicyclic amines) is 1. The summed E-state index contributed by atoms with van der Waals surface area (Å²) in [6.45, 7) is 3.01. The van der Waals surface area contributed by atoms with E-state index < -0.39 is 0 Å². The van der Waals surface area contributed by atoms with Crippen molar-refractivity contribution in [1.29, 1.82) is 0 Å². The first-order valence-electron chi connectivity index (χ1n) is 10.4. The van der Waals surface area contributed by atoms with E-state index in [1.165, 1.54) is 5.52 Å². The van der Waals surface area contributed by atoms with Crippen molar-refractivity contribution in [3.8, 4) is 11.5 Å². The summed E-state index contributed by atoms with van der Waals surface area (Å²) in [6, 6.07) is 15.3. The van der Waals surface area contributed by atoms with E-state index in [2.05, 4.69) is 27.8 Å². The molecule has 3 aromatic rings. The van der Waals surface area contributed by atoms with Gasteiger partial charge in [-0.2, -0.15) is 0 Å². The Hall–Kier alpha value is -2.99. The number of carbonyl (C=O) groups is 1. The molecule has 0 saturated carbocycles. The fraction of sp³-hybridized carbons (Fsp3) is 0.375. The number of esters is 1. The van der Waals surface area contributed by atoms with Crippen LogP contribution in [-0.2, 0) is 11.8 Å². The Balaban J connectivity index is 1.21. The topological polar surface area (TPSA) is 52.9 Å². The number of nitrogens with zero attached hydrogens (tertiary/aromatic N) is 2. The average molecular weight is 408 g/mol. The Morgan fingerprint density at radius 2 is 1.83 bits per heavy atom. The highest BCUT2D eigenvalue weighted by Gasteiger charge is 2.21. The Morgan fingerprint density at radius 1 is 1.07 bits per heavy atom. The monoisotopic (exact) mass is 408 g/mol. The van der Waals surface area contributed by atoms with Gasteiger partial charge < -0.3 is 18.8 Å². The molecule has 2 heterocycles. The van der Waals surface area contributed by atoms with E-state index in [4.69, 9.17) is 14.2 Å². The van der Waals surface area contributed by atoms with Gasteiger partial charge in [-0.05, 0) is 55.3 Å². The molecule has 0 radical (unpaired) electrons. The highest BCUT2D eigenvalue weighted by atomic mass is 16.5. The lowest BCUT2D eigenvalue weighted by atomic mass is 10.1. The fourth-order valence-electron chi connectivity index (χ4n) is 3.89. The average Bonchev–Trinajstić information content (AvgIpc) is 3.17. The first kappa shape index (κ1) is 20.3. The van der Waals surface area contributed by atoms with Gasteiger partial charge in [0.15, 0.2) is 0 Å². The minimum absolute atomic E-state index is 0.217. The van der Waals surface area contributed by atoms with Crippen LogP contribution in [0.5, 0.6) is 11.5 Å². The maximum Gasteiger partial charge on any atom is 0.338 e. The number of piperidine rings is 1. The molecule has 1 fully saturated rings. The van der Waals surface area contributed by atoms with Crippen molar-refractivity contribution in [2.45, 2.75) is 18.9 Å². The van der Waals surface area contributed by atoms with E-state index in [1.54, 1.807) is 31.4 Å². The Bertz CT molecular complexity index is 988. The second-order valence-corrected chi connectivity index (χ2v) is 7.64. The fourth-order valence-corrected chi connectivity index (χ4v) is 3.89. The van der Waals surface area contributed by atoms with Crippen LogP contribution in [0, 0.1) is 0 Å². The van der Waals surface area contributed by atoms with Gasteiger partial charge in [-0.3, -0.25) is 4.90 Å². The number of ether oxygens (including phenoxy) is 3. The molecule has 6 nitrogen and oxygen atoms in total. The van der Waals surface area contributed by atoms with E-state index in [0.717, 1.165) is 49.4 Å². The molecule has 0 N–H and O–H groups in total. The van der Waals surface area contributed by atoms with Crippen molar-refractivity contribution in [3.05, 3.63) is 60.3 Å². The Labute approximate surface area is 176 Å². The van der Waals surface area contributed by atoms with Crippen LogP contribution in [0.15, 0.2) is 54.7 Å². The third-order valence-electron chi connectivity index (χ3n) is 5.68. The lowest BCUT2D eigenvalue weighted by Crippen LogP contribution is -2.40. The third kappa shape index (κ3) is 4.60. The summed E-state index contributed by atoms with van der Waals surface area (Å²) in [5, 5.41) is 1.16. The molecule has 1 aromatic heterocycles. The van der Waals surface area contributed by atoms with Gasteiger partial charge in [0.25, 0.3) is 0 Å². The van der Waals surface area contributed by atoms with Gasteiger partial charge in [0.05, 0.1) is 18.2 Å². The van der Waals surface area contributed by atoms with Crippen molar-refractivity contribution >= 4 is 16.9 Å². The van der Waals surface area contributed by atoms with E-state index >= 15 is 0 Å². The molecule has 1 aliphatic rings. The number of methoxy groups -OCH3 is 1. The predicted molar refractivity (Wildman–Crippen MR) is 116 cm³/mol. The molecule has 0 spiro atoms. The first-order chi connectivity index (χ1) is 14.6. The summed E-state index contributed by atoms with van der Waals surface area (Å²) in [7, 11) is 3.65. The van der Waals surface area contributed by atoms with Crippen molar-refractivity contribution in [1.82, 2.24) is 9.47 Å². The third-order valence-corrected chi connectivity index (χ3v) is 5.68. The number of carbonyl (C=O) groups excluding carboxylic acids is 1. The smallest absolute Gasteiger partial charge is 0.338 e. The van der Waals surface area contributed by atoms with Crippen LogP contribution >= 0.6 is 0 Å². The van der Waals surface area contributed by atoms with Crippen LogP contribution in [0.25, 0.3) is 10.9 Å². The van der Waals surface area contributed by atoms with Crippen LogP contribution < -0.4 is 9.47 Å².